The van der Waals surface area contributed by atoms with Gasteiger partial charge in [0.05, 0.1) is 39.8 Å². The van der Waals surface area contributed by atoms with Crippen molar-refractivity contribution in [2.75, 3.05) is 19.8 Å². The number of nitrogens with zero attached hydrogens (tertiary/aromatic N) is 4. The number of carbonyl (C=O) groups is 2. The molecule has 200 valence electrons. The van der Waals surface area contributed by atoms with Crippen LogP contribution in [-0.4, -0.2) is 67.6 Å². The molecule has 0 aliphatic rings. The lowest BCUT2D eigenvalue weighted by Gasteiger charge is -2.27. The van der Waals surface area contributed by atoms with E-state index in [1.54, 1.807) is 38.1 Å². The summed E-state index contributed by atoms with van der Waals surface area (Å²) >= 11 is 0. The number of pyridine rings is 1. The molecule has 0 spiro atoms. The second-order valence-electron chi connectivity index (χ2n) is 8.40. The van der Waals surface area contributed by atoms with Crippen molar-refractivity contribution in [3.63, 3.8) is 0 Å². The normalized spacial score (nSPS) is 12.5. The highest BCUT2D eigenvalue weighted by atomic mass is 32.2. The van der Waals surface area contributed by atoms with Gasteiger partial charge in [0.25, 0.3) is 0 Å². The number of hydrogen-bond donors (Lipinski definition) is 0. The van der Waals surface area contributed by atoms with Gasteiger partial charge in [0.2, 0.25) is 5.16 Å². The molecule has 3 rings (SSSR count). The van der Waals surface area contributed by atoms with Gasteiger partial charge in [0.1, 0.15) is 12.4 Å². The highest BCUT2D eigenvalue weighted by Crippen LogP contribution is 2.26. The van der Waals surface area contributed by atoms with Crippen LogP contribution in [0.25, 0.3) is 11.0 Å². The smallest absolute Gasteiger partial charge is 0.422 e. The monoisotopic (exact) mass is 540 g/mol. The van der Waals surface area contributed by atoms with Crippen LogP contribution in [0.2, 0.25) is 0 Å². The van der Waals surface area contributed by atoms with Crippen LogP contribution in [0.15, 0.2) is 41.7 Å². The second-order valence-corrected chi connectivity index (χ2v) is 9.75. The number of carbonyl (C=O) groups excluding carboxylic acids is 2. The Balaban J connectivity index is 1.95. The summed E-state index contributed by atoms with van der Waals surface area (Å²) in [6, 6.07) is 7.30. The summed E-state index contributed by atoms with van der Waals surface area (Å²) < 4.78 is 62.4. The van der Waals surface area contributed by atoms with Crippen molar-refractivity contribution >= 4 is 33.8 Å². The van der Waals surface area contributed by atoms with E-state index < -0.39 is 35.6 Å². The Morgan fingerprint density at radius 1 is 1.19 bits per heavy atom. The first-order valence-electron chi connectivity index (χ1n) is 11.3. The van der Waals surface area contributed by atoms with Crippen LogP contribution in [0.3, 0.4) is 0 Å². The summed E-state index contributed by atoms with van der Waals surface area (Å²) in [5, 5.41) is -0.0350. The molecule has 0 saturated carbocycles. The van der Waals surface area contributed by atoms with Gasteiger partial charge in [-0.25, -0.2) is 14.3 Å². The molecule has 1 amide bonds. The summed E-state index contributed by atoms with van der Waals surface area (Å²) in [7, 11) is -1.90. The van der Waals surface area contributed by atoms with Crippen molar-refractivity contribution in [1.82, 2.24) is 19.4 Å². The fourth-order valence-electron chi connectivity index (χ4n) is 3.54. The molecule has 0 N–H and O–H groups in total. The number of esters is 1. The summed E-state index contributed by atoms with van der Waals surface area (Å²) in [6.45, 7) is 5.00. The SMILES string of the molecule is CC(=O)OCCN(C(=O)n1c([S@@](=O)Cc2nccc(OCC(F)(F)F)c2C)nc2ccccc21)C(C)C. The van der Waals surface area contributed by atoms with Gasteiger partial charge < -0.3 is 14.4 Å². The molecule has 0 aliphatic carbocycles. The molecule has 13 heteroatoms. The molecule has 0 saturated heterocycles. The van der Waals surface area contributed by atoms with Crippen LogP contribution in [0.5, 0.6) is 5.75 Å². The zero-order valence-electron chi connectivity index (χ0n) is 20.7. The predicted octanol–water partition coefficient (Wildman–Crippen LogP) is 4.23. The molecule has 2 aromatic heterocycles. The number of halogens is 3. The Labute approximate surface area is 214 Å². The van der Waals surface area contributed by atoms with Crippen molar-refractivity contribution in [1.29, 1.82) is 0 Å². The van der Waals surface area contributed by atoms with Crippen LogP contribution in [0.4, 0.5) is 18.0 Å². The molecule has 3 aromatic rings. The van der Waals surface area contributed by atoms with Gasteiger partial charge in [-0.05, 0) is 39.0 Å². The van der Waals surface area contributed by atoms with Gasteiger partial charge in [-0.2, -0.15) is 13.2 Å². The average Bonchev–Trinajstić information content (AvgIpc) is 3.21. The van der Waals surface area contributed by atoms with Gasteiger partial charge in [-0.3, -0.25) is 14.0 Å². The topological polar surface area (TPSA) is 104 Å². The number of aromatic nitrogens is 3. The number of rotatable bonds is 9. The number of alkyl halides is 3. The average molecular weight is 541 g/mol. The number of ether oxygens (including phenoxy) is 2. The van der Waals surface area contributed by atoms with Crippen molar-refractivity contribution in [2.45, 2.75) is 50.8 Å². The predicted molar refractivity (Wildman–Crippen MR) is 130 cm³/mol. The molecule has 9 nitrogen and oxygen atoms in total. The van der Waals surface area contributed by atoms with Crippen molar-refractivity contribution in [2.24, 2.45) is 0 Å². The third-order valence-corrected chi connectivity index (χ3v) is 6.57. The lowest BCUT2D eigenvalue weighted by molar-refractivity contribution is -0.153. The number of amides is 1. The number of para-hydroxylation sites is 2. The van der Waals surface area contributed by atoms with Gasteiger partial charge in [-0.15, -0.1) is 0 Å². The van der Waals surface area contributed by atoms with Crippen LogP contribution < -0.4 is 4.74 Å². The maximum atomic E-state index is 13.6. The Morgan fingerprint density at radius 3 is 2.54 bits per heavy atom. The molecule has 1 atom stereocenters. The number of fused-ring (bicyclic) bond motifs is 1. The Hall–Kier alpha value is -3.48. The van der Waals surface area contributed by atoms with E-state index in [4.69, 9.17) is 9.47 Å². The minimum absolute atomic E-state index is 0.0157. The summed E-state index contributed by atoms with van der Waals surface area (Å²) in [4.78, 5) is 34.9. The van der Waals surface area contributed by atoms with Gasteiger partial charge in [0.15, 0.2) is 6.61 Å². The summed E-state index contributed by atoms with van der Waals surface area (Å²) in [5.41, 5.74) is 1.43. The highest BCUT2D eigenvalue weighted by Gasteiger charge is 2.30. The van der Waals surface area contributed by atoms with Crippen molar-refractivity contribution < 1.29 is 36.4 Å². The minimum atomic E-state index is -4.51. The van der Waals surface area contributed by atoms with E-state index in [0.717, 1.165) is 0 Å². The molecular formula is C24H27F3N4O5S. The van der Waals surface area contributed by atoms with Gasteiger partial charge >= 0.3 is 18.2 Å². The number of benzene rings is 1. The van der Waals surface area contributed by atoms with Gasteiger partial charge in [-0.1, -0.05) is 12.1 Å². The zero-order chi connectivity index (χ0) is 27.3. The van der Waals surface area contributed by atoms with E-state index in [9.17, 15) is 27.0 Å². The largest absolute Gasteiger partial charge is 0.484 e. The van der Waals surface area contributed by atoms with Crippen LogP contribution >= 0.6 is 0 Å². The van der Waals surface area contributed by atoms with E-state index in [1.807, 2.05) is 0 Å². The third kappa shape index (κ3) is 7.06. The minimum Gasteiger partial charge on any atom is -0.484 e. The molecule has 37 heavy (non-hydrogen) atoms. The second kappa shape index (κ2) is 11.7. The van der Waals surface area contributed by atoms with E-state index >= 15 is 0 Å². The molecule has 2 heterocycles. The third-order valence-electron chi connectivity index (χ3n) is 5.35. The van der Waals surface area contributed by atoms with E-state index in [0.29, 0.717) is 16.6 Å². The number of hydrogen-bond acceptors (Lipinski definition) is 7. The lowest BCUT2D eigenvalue weighted by Crippen LogP contribution is -2.42. The molecule has 0 unspecified atom stereocenters. The summed E-state index contributed by atoms with van der Waals surface area (Å²) in [6.07, 6.45) is -3.24. The van der Waals surface area contributed by atoms with Crippen molar-refractivity contribution in [3.05, 3.63) is 47.8 Å². The zero-order valence-corrected chi connectivity index (χ0v) is 21.6. The van der Waals surface area contributed by atoms with Crippen LogP contribution in [-0.2, 0) is 26.1 Å². The van der Waals surface area contributed by atoms with E-state index in [-0.39, 0.29) is 41.5 Å². The standard InChI is InChI=1S/C24H27F3N4O5S/c1-15(2)30(11-12-35-17(4)32)23(33)31-20-8-6-5-7-18(20)29-22(31)37(34)13-19-16(3)21(9-10-28-19)36-14-24(25,26)27/h5-10,15H,11-14H2,1-4H3/t37-/m0/s1. The molecule has 1 aromatic carbocycles. The first-order valence-corrected chi connectivity index (χ1v) is 12.6. The molecule has 0 radical (unpaired) electrons. The first-order chi connectivity index (χ1) is 17.4. The Morgan fingerprint density at radius 2 is 1.89 bits per heavy atom. The molecule has 0 fully saturated rings. The summed E-state index contributed by atoms with van der Waals surface area (Å²) in [5.74, 6) is -0.712. The fourth-order valence-corrected chi connectivity index (χ4v) is 4.79. The van der Waals surface area contributed by atoms with Gasteiger partial charge in [0, 0.05) is 24.7 Å². The van der Waals surface area contributed by atoms with Crippen LogP contribution in [0, 0.1) is 6.92 Å². The van der Waals surface area contributed by atoms with E-state index in [2.05, 4.69) is 9.97 Å². The maximum Gasteiger partial charge on any atom is 0.422 e. The number of imidazole rings is 1. The first kappa shape index (κ1) is 28.1. The molecular weight excluding hydrogens is 513 g/mol. The molecule has 0 bridgehead atoms. The molecule has 0 aliphatic heterocycles. The van der Waals surface area contributed by atoms with Crippen LogP contribution in [0.1, 0.15) is 32.0 Å². The Kier molecular flexibility index (Phi) is 8.89. The lowest BCUT2D eigenvalue weighted by atomic mass is 10.2. The maximum absolute atomic E-state index is 13.6. The van der Waals surface area contributed by atoms with E-state index in [1.165, 1.54) is 35.6 Å². The Bertz CT molecular complexity index is 1310. The fraction of sp³-hybridized carbons (Fsp3) is 0.417. The highest BCUT2D eigenvalue weighted by molar-refractivity contribution is 7.84. The van der Waals surface area contributed by atoms with Crippen molar-refractivity contribution in [3.8, 4) is 5.75 Å². The quantitative estimate of drug-likeness (QED) is 0.374.